The molecular formula is C20H17BrN2O6S. The maximum atomic E-state index is 12.3. The molecule has 0 bridgehead atoms. The van der Waals surface area contributed by atoms with E-state index in [1.54, 1.807) is 37.3 Å². The van der Waals surface area contributed by atoms with Crippen molar-refractivity contribution in [1.82, 2.24) is 4.90 Å². The average Bonchev–Trinajstić information content (AvgIpc) is 3.00. The fourth-order valence-corrected chi connectivity index (χ4v) is 4.05. The molecule has 2 amide bonds. The average molecular weight is 493 g/mol. The molecule has 30 heavy (non-hydrogen) atoms. The van der Waals surface area contributed by atoms with Crippen molar-refractivity contribution in [3.05, 3.63) is 67.0 Å². The number of nitro groups is 1. The number of non-ortho nitro benzene ring substituents is 1. The second kappa shape index (κ2) is 9.31. The van der Waals surface area contributed by atoms with Crippen LogP contribution in [0.3, 0.4) is 0 Å². The lowest BCUT2D eigenvalue weighted by Gasteiger charge is -2.13. The number of nitro benzene ring substituents is 1. The summed E-state index contributed by atoms with van der Waals surface area (Å²) in [5.41, 5.74) is 1.43. The van der Waals surface area contributed by atoms with Crippen molar-refractivity contribution < 1.29 is 24.0 Å². The third-order valence-electron chi connectivity index (χ3n) is 4.30. The van der Waals surface area contributed by atoms with Crippen LogP contribution in [0.2, 0.25) is 0 Å². The largest absolute Gasteiger partial charge is 0.493 e. The molecule has 0 aromatic heterocycles. The number of hydrogen-bond acceptors (Lipinski definition) is 7. The molecule has 10 heteroatoms. The lowest BCUT2D eigenvalue weighted by molar-refractivity contribution is -0.384. The van der Waals surface area contributed by atoms with Crippen LogP contribution >= 0.6 is 27.7 Å². The second-order valence-electron chi connectivity index (χ2n) is 6.16. The Bertz CT molecular complexity index is 1040. The predicted octanol–water partition coefficient (Wildman–Crippen LogP) is 5.00. The van der Waals surface area contributed by atoms with Crippen LogP contribution in [0.15, 0.2) is 45.8 Å². The van der Waals surface area contributed by atoms with Gasteiger partial charge in [0.1, 0.15) is 6.61 Å². The van der Waals surface area contributed by atoms with Gasteiger partial charge < -0.3 is 9.47 Å². The summed E-state index contributed by atoms with van der Waals surface area (Å²) in [6, 6.07) is 9.49. The van der Waals surface area contributed by atoms with Gasteiger partial charge in [0.2, 0.25) is 0 Å². The molecule has 2 aromatic rings. The Morgan fingerprint density at radius 1 is 1.20 bits per heavy atom. The predicted molar refractivity (Wildman–Crippen MR) is 116 cm³/mol. The number of thioether (sulfide) groups is 1. The van der Waals surface area contributed by atoms with Gasteiger partial charge in [-0.05, 0) is 60.2 Å². The number of likely N-dealkylation sites (N-methyl/N-ethyl adjacent to an activating group) is 1. The number of carbonyl (C=O) groups is 2. The number of methoxy groups -OCH3 is 1. The summed E-state index contributed by atoms with van der Waals surface area (Å²) in [7, 11) is 1.50. The van der Waals surface area contributed by atoms with Crippen molar-refractivity contribution in [3.63, 3.8) is 0 Å². The van der Waals surface area contributed by atoms with Crippen LogP contribution in [0.1, 0.15) is 18.1 Å². The summed E-state index contributed by atoms with van der Waals surface area (Å²) < 4.78 is 11.9. The highest BCUT2D eigenvalue weighted by atomic mass is 79.9. The minimum absolute atomic E-state index is 0.0101. The van der Waals surface area contributed by atoms with Crippen LogP contribution in [-0.4, -0.2) is 34.6 Å². The van der Waals surface area contributed by atoms with Crippen LogP contribution in [0.5, 0.6) is 11.5 Å². The molecule has 1 saturated heterocycles. The number of hydrogen-bond donors (Lipinski definition) is 0. The molecule has 8 nitrogen and oxygen atoms in total. The van der Waals surface area contributed by atoms with Gasteiger partial charge in [-0.3, -0.25) is 24.6 Å². The van der Waals surface area contributed by atoms with Gasteiger partial charge in [-0.15, -0.1) is 0 Å². The summed E-state index contributed by atoms with van der Waals surface area (Å²) in [4.78, 5) is 36.0. The zero-order valence-corrected chi connectivity index (χ0v) is 18.5. The lowest BCUT2D eigenvalue weighted by atomic mass is 10.1. The van der Waals surface area contributed by atoms with Gasteiger partial charge in [-0.1, -0.05) is 15.9 Å². The smallest absolute Gasteiger partial charge is 0.293 e. The van der Waals surface area contributed by atoms with Crippen molar-refractivity contribution in [2.45, 2.75) is 13.5 Å². The van der Waals surface area contributed by atoms with Gasteiger partial charge >= 0.3 is 0 Å². The third-order valence-corrected chi connectivity index (χ3v) is 5.90. The first-order valence-electron chi connectivity index (χ1n) is 8.83. The van der Waals surface area contributed by atoms with E-state index in [1.807, 2.05) is 0 Å². The topological polar surface area (TPSA) is 99.0 Å². The Labute approximate surface area is 185 Å². The molecule has 0 aliphatic carbocycles. The standard InChI is InChI=1S/C20H17BrN2O6S/c1-3-22-19(24)18(30-20(22)25)9-13-8-16(28-2)17(10-15(13)21)29-11-12-4-6-14(7-5-12)23(26)27/h4-10H,3,11H2,1-2H3/b18-9+. The van der Waals surface area contributed by atoms with Crippen LogP contribution in [-0.2, 0) is 11.4 Å². The van der Waals surface area contributed by atoms with E-state index >= 15 is 0 Å². The number of rotatable bonds is 7. The van der Waals surface area contributed by atoms with Crippen molar-refractivity contribution in [2.24, 2.45) is 0 Å². The maximum Gasteiger partial charge on any atom is 0.293 e. The molecule has 3 rings (SSSR count). The molecule has 1 aliphatic rings. The van der Waals surface area contributed by atoms with Gasteiger partial charge in [0.15, 0.2) is 11.5 Å². The van der Waals surface area contributed by atoms with E-state index in [0.717, 1.165) is 17.3 Å². The molecule has 0 unspecified atom stereocenters. The van der Waals surface area contributed by atoms with Gasteiger partial charge in [0.05, 0.1) is 16.9 Å². The first kappa shape index (κ1) is 21.8. The molecule has 0 N–H and O–H groups in total. The Balaban J connectivity index is 1.80. The molecule has 1 heterocycles. The number of ether oxygens (including phenoxy) is 2. The van der Waals surface area contributed by atoms with Crippen LogP contribution in [0.4, 0.5) is 10.5 Å². The fourth-order valence-electron chi connectivity index (χ4n) is 2.72. The van der Waals surface area contributed by atoms with E-state index in [4.69, 9.17) is 9.47 Å². The summed E-state index contributed by atoms with van der Waals surface area (Å²) >= 11 is 4.36. The number of benzene rings is 2. The summed E-state index contributed by atoms with van der Waals surface area (Å²) in [6.45, 7) is 2.26. The molecule has 0 spiro atoms. The minimum Gasteiger partial charge on any atom is -0.493 e. The van der Waals surface area contributed by atoms with Crippen molar-refractivity contribution in [2.75, 3.05) is 13.7 Å². The second-order valence-corrected chi connectivity index (χ2v) is 8.01. The molecule has 156 valence electrons. The van der Waals surface area contributed by atoms with Crippen LogP contribution < -0.4 is 9.47 Å². The highest BCUT2D eigenvalue weighted by Crippen LogP contribution is 2.38. The molecule has 1 aliphatic heterocycles. The first-order valence-corrected chi connectivity index (χ1v) is 10.4. The van der Waals surface area contributed by atoms with Crippen molar-refractivity contribution in [3.8, 4) is 11.5 Å². The zero-order chi connectivity index (χ0) is 21.8. The van der Waals surface area contributed by atoms with Gasteiger partial charge in [-0.25, -0.2) is 0 Å². The normalized spacial score (nSPS) is 15.0. The van der Waals surface area contributed by atoms with Gasteiger partial charge in [0, 0.05) is 23.2 Å². The Kier molecular flexibility index (Phi) is 6.78. The number of halogens is 1. The number of nitrogens with zero attached hydrogens (tertiary/aromatic N) is 2. The Morgan fingerprint density at radius 2 is 1.90 bits per heavy atom. The minimum atomic E-state index is -0.460. The summed E-state index contributed by atoms with van der Waals surface area (Å²) in [5.74, 6) is 0.583. The molecule has 2 aromatic carbocycles. The third kappa shape index (κ3) is 4.65. The van der Waals surface area contributed by atoms with Gasteiger partial charge in [0.25, 0.3) is 16.8 Å². The molecular weight excluding hydrogens is 476 g/mol. The van der Waals surface area contributed by atoms with E-state index < -0.39 is 4.92 Å². The highest BCUT2D eigenvalue weighted by Gasteiger charge is 2.33. The highest BCUT2D eigenvalue weighted by molar-refractivity contribution is 9.10. The lowest BCUT2D eigenvalue weighted by Crippen LogP contribution is -2.27. The molecule has 0 atom stereocenters. The van der Waals surface area contributed by atoms with E-state index in [0.29, 0.717) is 33.0 Å². The monoisotopic (exact) mass is 492 g/mol. The van der Waals surface area contributed by atoms with Gasteiger partial charge in [-0.2, -0.15) is 0 Å². The van der Waals surface area contributed by atoms with Crippen molar-refractivity contribution in [1.29, 1.82) is 0 Å². The molecule has 0 radical (unpaired) electrons. The van der Waals surface area contributed by atoms with E-state index in [-0.39, 0.29) is 23.4 Å². The molecule has 1 fully saturated rings. The van der Waals surface area contributed by atoms with E-state index in [2.05, 4.69) is 15.9 Å². The number of imide groups is 1. The quantitative estimate of drug-likeness (QED) is 0.304. The Hall–Kier alpha value is -2.85. The summed E-state index contributed by atoms with van der Waals surface area (Å²) in [5, 5.41) is 10.5. The maximum absolute atomic E-state index is 12.3. The SMILES string of the molecule is CCN1C(=O)S/C(=C/c2cc(OC)c(OCc3ccc([N+](=O)[O-])cc3)cc2Br)C1=O. The molecule has 0 saturated carbocycles. The number of amides is 2. The van der Waals surface area contributed by atoms with E-state index in [1.165, 1.54) is 24.1 Å². The zero-order valence-electron chi connectivity index (χ0n) is 16.1. The Morgan fingerprint density at radius 3 is 2.47 bits per heavy atom. The van der Waals surface area contributed by atoms with Crippen molar-refractivity contribution >= 4 is 50.6 Å². The number of carbonyl (C=O) groups excluding carboxylic acids is 2. The first-order chi connectivity index (χ1) is 14.3. The summed E-state index contributed by atoms with van der Waals surface area (Å²) in [6.07, 6.45) is 1.63. The van der Waals surface area contributed by atoms with Crippen LogP contribution in [0, 0.1) is 10.1 Å². The van der Waals surface area contributed by atoms with E-state index in [9.17, 15) is 19.7 Å². The fraction of sp³-hybridized carbons (Fsp3) is 0.200. The van der Waals surface area contributed by atoms with Crippen LogP contribution in [0.25, 0.3) is 6.08 Å².